The number of amides is 1. The van der Waals surface area contributed by atoms with Crippen LogP contribution >= 0.6 is 11.6 Å². The van der Waals surface area contributed by atoms with Crippen LogP contribution in [0.4, 0.5) is 5.69 Å². The Hall–Kier alpha value is -2.13. The molecular weight excluding hydrogens is 298 g/mol. The van der Waals surface area contributed by atoms with Crippen LogP contribution in [-0.4, -0.2) is 24.1 Å². The van der Waals surface area contributed by atoms with E-state index in [2.05, 4.69) is 0 Å². The van der Waals surface area contributed by atoms with Crippen LogP contribution in [0.15, 0.2) is 48.5 Å². The molecule has 0 radical (unpaired) electrons. The standard InChI is InChI=1S/C18H16ClNO2/c19-12-17(21)15-8-9-16-14(11-15)7-4-10-20(16)18(22)13-5-2-1-3-6-13/h1-3,5-6,8-9,11H,4,7,10,12H2. The Balaban J connectivity index is 1.95. The van der Waals surface area contributed by atoms with Crippen molar-refractivity contribution in [1.29, 1.82) is 0 Å². The maximum atomic E-state index is 12.7. The lowest BCUT2D eigenvalue weighted by molar-refractivity contribution is 0.0984. The largest absolute Gasteiger partial charge is 0.308 e. The number of Topliss-reactive ketones (excluding diaryl/α,β-unsaturated/α-hetero) is 1. The van der Waals surface area contributed by atoms with Crippen molar-refractivity contribution in [2.45, 2.75) is 12.8 Å². The van der Waals surface area contributed by atoms with Crippen molar-refractivity contribution < 1.29 is 9.59 Å². The number of rotatable bonds is 3. The third-order valence-corrected chi connectivity index (χ3v) is 4.15. The van der Waals surface area contributed by atoms with Gasteiger partial charge in [-0.2, -0.15) is 0 Å². The van der Waals surface area contributed by atoms with Crippen LogP contribution in [0.1, 0.15) is 32.7 Å². The molecule has 0 atom stereocenters. The molecule has 1 aliphatic heterocycles. The number of aryl methyl sites for hydroxylation is 1. The summed E-state index contributed by atoms with van der Waals surface area (Å²) in [7, 11) is 0. The van der Waals surface area contributed by atoms with E-state index in [1.54, 1.807) is 11.0 Å². The number of fused-ring (bicyclic) bond motifs is 1. The highest BCUT2D eigenvalue weighted by molar-refractivity contribution is 6.30. The first-order valence-electron chi connectivity index (χ1n) is 7.29. The minimum Gasteiger partial charge on any atom is -0.308 e. The first-order chi connectivity index (χ1) is 10.7. The van der Waals surface area contributed by atoms with E-state index in [1.165, 1.54) is 0 Å². The Labute approximate surface area is 134 Å². The average molecular weight is 314 g/mol. The van der Waals surface area contributed by atoms with Crippen molar-refractivity contribution in [3.05, 3.63) is 65.2 Å². The molecule has 1 amide bonds. The molecule has 2 aromatic rings. The van der Waals surface area contributed by atoms with Crippen LogP contribution in [0.2, 0.25) is 0 Å². The maximum Gasteiger partial charge on any atom is 0.258 e. The zero-order valence-corrected chi connectivity index (χ0v) is 12.8. The summed E-state index contributed by atoms with van der Waals surface area (Å²) in [6, 6.07) is 14.7. The number of carbonyl (C=O) groups excluding carboxylic acids is 2. The summed E-state index contributed by atoms with van der Waals surface area (Å²) < 4.78 is 0. The summed E-state index contributed by atoms with van der Waals surface area (Å²) in [5.74, 6) is -0.111. The third-order valence-electron chi connectivity index (χ3n) is 3.91. The minimum absolute atomic E-state index is 0.00188. The van der Waals surface area contributed by atoms with Crippen molar-refractivity contribution in [2.24, 2.45) is 0 Å². The van der Waals surface area contributed by atoms with Gasteiger partial charge in [0, 0.05) is 23.4 Å². The van der Waals surface area contributed by atoms with E-state index in [0.29, 0.717) is 17.7 Å². The number of carbonyl (C=O) groups is 2. The van der Waals surface area contributed by atoms with Gasteiger partial charge in [0.25, 0.3) is 5.91 Å². The molecule has 0 aliphatic carbocycles. The molecule has 0 aromatic heterocycles. The molecular formula is C18H16ClNO2. The van der Waals surface area contributed by atoms with Crippen LogP contribution in [-0.2, 0) is 6.42 Å². The van der Waals surface area contributed by atoms with E-state index in [0.717, 1.165) is 24.1 Å². The van der Waals surface area contributed by atoms with Gasteiger partial charge in [0.15, 0.2) is 5.78 Å². The molecule has 1 heterocycles. The molecule has 0 N–H and O–H groups in total. The fourth-order valence-electron chi connectivity index (χ4n) is 2.80. The highest BCUT2D eigenvalue weighted by Gasteiger charge is 2.24. The Morgan fingerprint density at radius 2 is 1.82 bits per heavy atom. The SMILES string of the molecule is O=C(CCl)c1ccc2c(c1)CCCN2C(=O)c1ccccc1. The van der Waals surface area contributed by atoms with Gasteiger partial charge in [0.1, 0.15) is 0 Å². The zero-order valence-electron chi connectivity index (χ0n) is 12.1. The van der Waals surface area contributed by atoms with Crippen LogP contribution in [0.25, 0.3) is 0 Å². The third kappa shape index (κ3) is 2.77. The molecule has 0 unspecified atom stereocenters. The Kier molecular flexibility index (Phi) is 4.25. The molecule has 22 heavy (non-hydrogen) atoms. The Morgan fingerprint density at radius 1 is 1.05 bits per heavy atom. The molecule has 1 aliphatic rings. The molecule has 4 heteroatoms. The lowest BCUT2D eigenvalue weighted by Crippen LogP contribution is -2.35. The molecule has 2 aromatic carbocycles. The maximum absolute atomic E-state index is 12.7. The van der Waals surface area contributed by atoms with Crippen LogP contribution in [0.3, 0.4) is 0 Å². The predicted octanol–water partition coefficient (Wildman–Crippen LogP) is 3.70. The second-order valence-corrected chi connectivity index (χ2v) is 5.59. The predicted molar refractivity (Wildman–Crippen MR) is 87.9 cm³/mol. The lowest BCUT2D eigenvalue weighted by Gasteiger charge is -2.30. The number of hydrogen-bond donors (Lipinski definition) is 0. The van der Waals surface area contributed by atoms with E-state index in [4.69, 9.17) is 11.6 Å². The van der Waals surface area contributed by atoms with Gasteiger partial charge in [0.05, 0.1) is 5.88 Å². The number of halogens is 1. The normalized spacial score (nSPS) is 13.6. The number of nitrogens with zero attached hydrogens (tertiary/aromatic N) is 1. The highest BCUT2D eigenvalue weighted by Crippen LogP contribution is 2.29. The molecule has 0 saturated heterocycles. The van der Waals surface area contributed by atoms with E-state index in [9.17, 15) is 9.59 Å². The molecule has 0 fully saturated rings. The second kappa shape index (κ2) is 6.32. The monoisotopic (exact) mass is 313 g/mol. The van der Waals surface area contributed by atoms with Gasteiger partial charge in [-0.3, -0.25) is 9.59 Å². The fourth-order valence-corrected chi connectivity index (χ4v) is 2.95. The fraction of sp³-hybridized carbons (Fsp3) is 0.222. The van der Waals surface area contributed by atoms with Gasteiger partial charge in [-0.1, -0.05) is 18.2 Å². The summed E-state index contributed by atoms with van der Waals surface area (Å²) in [6.07, 6.45) is 1.77. The highest BCUT2D eigenvalue weighted by atomic mass is 35.5. The summed E-state index contributed by atoms with van der Waals surface area (Å²) >= 11 is 5.61. The molecule has 112 valence electrons. The van der Waals surface area contributed by atoms with Gasteiger partial charge in [-0.25, -0.2) is 0 Å². The minimum atomic E-state index is -0.0871. The summed E-state index contributed by atoms with van der Waals surface area (Å²) in [5.41, 5.74) is 3.22. The quantitative estimate of drug-likeness (QED) is 0.640. The van der Waals surface area contributed by atoms with E-state index in [-0.39, 0.29) is 17.6 Å². The summed E-state index contributed by atoms with van der Waals surface area (Å²) in [6.45, 7) is 0.698. The summed E-state index contributed by atoms with van der Waals surface area (Å²) in [4.78, 5) is 26.2. The summed E-state index contributed by atoms with van der Waals surface area (Å²) in [5, 5.41) is 0. The number of anilines is 1. The van der Waals surface area contributed by atoms with Crippen LogP contribution < -0.4 is 4.90 Å². The number of hydrogen-bond acceptors (Lipinski definition) is 2. The van der Waals surface area contributed by atoms with Crippen molar-refractivity contribution in [3.63, 3.8) is 0 Å². The zero-order chi connectivity index (χ0) is 15.5. The van der Waals surface area contributed by atoms with Gasteiger partial charge < -0.3 is 4.90 Å². The van der Waals surface area contributed by atoms with Gasteiger partial charge in [0.2, 0.25) is 0 Å². The first kappa shape index (κ1) is 14.8. The first-order valence-corrected chi connectivity index (χ1v) is 7.83. The smallest absolute Gasteiger partial charge is 0.258 e. The van der Waals surface area contributed by atoms with Crippen molar-refractivity contribution in [2.75, 3.05) is 17.3 Å². The van der Waals surface area contributed by atoms with Crippen molar-refractivity contribution >= 4 is 29.0 Å². The lowest BCUT2D eigenvalue weighted by atomic mass is 9.97. The van der Waals surface area contributed by atoms with Gasteiger partial charge in [-0.15, -0.1) is 11.6 Å². The van der Waals surface area contributed by atoms with Crippen molar-refractivity contribution in [1.82, 2.24) is 0 Å². The van der Waals surface area contributed by atoms with E-state index in [1.807, 2.05) is 42.5 Å². The van der Waals surface area contributed by atoms with Crippen LogP contribution in [0.5, 0.6) is 0 Å². The van der Waals surface area contributed by atoms with Crippen LogP contribution in [0, 0.1) is 0 Å². The topological polar surface area (TPSA) is 37.4 Å². The van der Waals surface area contributed by atoms with E-state index >= 15 is 0 Å². The number of ketones is 1. The van der Waals surface area contributed by atoms with Crippen molar-refractivity contribution in [3.8, 4) is 0 Å². The van der Waals surface area contributed by atoms with Gasteiger partial charge in [-0.05, 0) is 48.7 Å². The molecule has 0 bridgehead atoms. The Morgan fingerprint density at radius 3 is 2.55 bits per heavy atom. The van der Waals surface area contributed by atoms with E-state index < -0.39 is 0 Å². The number of benzene rings is 2. The molecule has 0 spiro atoms. The number of alkyl halides is 1. The molecule has 0 saturated carbocycles. The molecule has 3 nitrogen and oxygen atoms in total. The average Bonchev–Trinajstić information content (AvgIpc) is 2.60. The van der Waals surface area contributed by atoms with Gasteiger partial charge >= 0.3 is 0 Å². The molecule has 3 rings (SSSR count). The Bertz CT molecular complexity index is 712. The second-order valence-electron chi connectivity index (χ2n) is 5.33.